The second kappa shape index (κ2) is 6.56. The van der Waals surface area contributed by atoms with Crippen LogP contribution >= 0.6 is 0 Å². The first kappa shape index (κ1) is 16.4. The number of anilines is 2. The summed E-state index contributed by atoms with van der Waals surface area (Å²) in [6, 6.07) is 3.78. The van der Waals surface area contributed by atoms with Crippen LogP contribution in [0.1, 0.15) is 12.2 Å². The van der Waals surface area contributed by atoms with Crippen LogP contribution in [0.2, 0.25) is 0 Å². The molecule has 1 aliphatic heterocycles. The van der Waals surface area contributed by atoms with Gasteiger partial charge in [0.05, 0.1) is 29.5 Å². The number of rotatable bonds is 5. The SMILES string of the molecule is COCCn1c(C)nc2c(N3CCC(NC(=O)O)C3)c(N)ccc21. The Hall–Kier alpha value is -2.48. The summed E-state index contributed by atoms with van der Waals surface area (Å²) in [5.41, 5.74) is 9.65. The Balaban J connectivity index is 1.96. The van der Waals surface area contributed by atoms with Crippen LogP contribution in [0.5, 0.6) is 0 Å². The number of aryl methyl sites for hydroxylation is 1. The molecule has 1 fully saturated rings. The molecule has 8 nitrogen and oxygen atoms in total. The second-order valence-electron chi connectivity index (χ2n) is 6.06. The third kappa shape index (κ3) is 2.96. The number of nitrogens with one attached hydrogen (secondary N) is 1. The van der Waals surface area contributed by atoms with E-state index in [4.69, 9.17) is 20.6 Å². The fraction of sp³-hybridized carbons (Fsp3) is 0.500. The number of amides is 1. The minimum atomic E-state index is -0.993. The van der Waals surface area contributed by atoms with E-state index < -0.39 is 6.09 Å². The Bertz CT molecular complexity index is 758. The summed E-state index contributed by atoms with van der Waals surface area (Å²) in [7, 11) is 1.68. The highest BCUT2D eigenvalue weighted by Crippen LogP contribution is 2.35. The average Bonchev–Trinajstić information content (AvgIpc) is 3.08. The molecule has 1 unspecified atom stereocenters. The van der Waals surface area contributed by atoms with Crippen molar-refractivity contribution in [3.05, 3.63) is 18.0 Å². The van der Waals surface area contributed by atoms with Gasteiger partial charge in [-0.25, -0.2) is 9.78 Å². The van der Waals surface area contributed by atoms with Gasteiger partial charge in [0, 0.05) is 26.7 Å². The number of benzene rings is 1. The van der Waals surface area contributed by atoms with Gasteiger partial charge in [0.25, 0.3) is 0 Å². The van der Waals surface area contributed by atoms with Gasteiger partial charge in [0.2, 0.25) is 0 Å². The number of nitrogens with two attached hydrogens (primary N) is 1. The number of ether oxygens (including phenoxy) is 1. The van der Waals surface area contributed by atoms with E-state index in [0.29, 0.717) is 18.8 Å². The molecule has 1 amide bonds. The molecule has 1 aromatic heterocycles. The van der Waals surface area contributed by atoms with Gasteiger partial charge in [0.1, 0.15) is 11.3 Å². The fourth-order valence-electron chi connectivity index (χ4n) is 3.36. The van der Waals surface area contributed by atoms with Crippen molar-refractivity contribution in [2.45, 2.75) is 25.9 Å². The third-order valence-electron chi connectivity index (χ3n) is 4.47. The maximum absolute atomic E-state index is 10.8. The molecule has 130 valence electrons. The van der Waals surface area contributed by atoms with Gasteiger partial charge in [-0.15, -0.1) is 0 Å². The van der Waals surface area contributed by atoms with Crippen LogP contribution in [0, 0.1) is 6.92 Å². The van der Waals surface area contributed by atoms with E-state index >= 15 is 0 Å². The number of nitrogens with zero attached hydrogens (tertiary/aromatic N) is 3. The van der Waals surface area contributed by atoms with Crippen LogP contribution in [-0.2, 0) is 11.3 Å². The van der Waals surface area contributed by atoms with Gasteiger partial charge in [-0.05, 0) is 25.5 Å². The van der Waals surface area contributed by atoms with Gasteiger partial charge in [-0.2, -0.15) is 0 Å². The predicted molar refractivity (Wildman–Crippen MR) is 92.5 cm³/mol. The summed E-state index contributed by atoms with van der Waals surface area (Å²) in [5, 5.41) is 11.4. The van der Waals surface area contributed by atoms with Crippen LogP contribution in [0.25, 0.3) is 11.0 Å². The summed E-state index contributed by atoms with van der Waals surface area (Å²) >= 11 is 0. The normalized spacial score (nSPS) is 17.6. The average molecular weight is 333 g/mol. The molecule has 0 radical (unpaired) electrons. The molecule has 8 heteroatoms. The largest absolute Gasteiger partial charge is 0.465 e. The van der Waals surface area contributed by atoms with Crippen LogP contribution in [0.4, 0.5) is 16.2 Å². The lowest BCUT2D eigenvalue weighted by molar-refractivity contribution is 0.187. The number of nitrogen functional groups attached to an aromatic ring is 1. The van der Waals surface area contributed by atoms with E-state index in [2.05, 4.69) is 14.8 Å². The molecule has 0 spiro atoms. The van der Waals surface area contributed by atoms with Gasteiger partial charge in [-0.3, -0.25) is 0 Å². The molecule has 1 aliphatic rings. The molecule has 1 aromatic carbocycles. The molecular weight excluding hydrogens is 310 g/mol. The summed E-state index contributed by atoms with van der Waals surface area (Å²) in [6.07, 6.45) is -0.237. The van der Waals surface area contributed by atoms with Crippen molar-refractivity contribution in [2.75, 3.05) is 37.4 Å². The third-order valence-corrected chi connectivity index (χ3v) is 4.47. The molecule has 1 saturated heterocycles. The fourth-order valence-corrected chi connectivity index (χ4v) is 3.36. The van der Waals surface area contributed by atoms with Crippen molar-refractivity contribution in [3.63, 3.8) is 0 Å². The number of carbonyl (C=O) groups is 1. The van der Waals surface area contributed by atoms with Crippen LogP contribution < -0.4 is 16.0 Å². The Morgan fingerprint density at radius 1 is 1.54 bits per heavy atom. The van der Waals surface area contributed by atoms with Crippen LogP contribution in [0.3, 0.4) is 0 Å². The Morgan fingerprint density at radius 3 is 3.04 bits per heavy atom. The molecule has 24 heavy (non-hydrogen) atoms. The van der Waals surface area contributed by atoms with Crippen molar-refractivity contribution >= 4 is 28.5 Å². The predicted octanol–water partition coefficient (Wildman–Crippen LogP) is 1.42. The smallest absolute Gasteiger partial charge is 0.404 e. The van der Waals surface area contributed by atoms with E-state index in [9.17, 15) is 4.79 Å². The first-order chi connectivity index (χ1) is 11.5. The molecule has 1 atom stereocenters. The standard InChI is InChI=1S/C16H23N5O3/c1-10-18-14-13(21(10)7-8-24-2)4-3-12(17)15(14)20-6-5-11(9-20)19-16(22)23/h3-4,11,19H,5-9,17H2,1-2H3,(H,22,23). The number of hydrogen-bond acceptors (Lipinski definition) is 5. The maximum atomic E-state index is 10.8. The quantitative estimate of drug-likeness (QED) is 0.715. The lowest BCUT2D eigenvalue weighted by atomic mass is 10.2. The van der Waals surface area contributed by atoms with Crippen molar-refractivity contribution < 1.29 is 14.6 Å². The lowest BCUT2D eigenvalue weighted by Crippen LogP contribution is -2.36. The van der Waals surface area contributed by atoms with E-state index in [-0.39, 0.29) is 6.04 Å². The van der Waals surface area contributed by atoms with E-state index in [1.807, 2.05) is 19.1 Å². The molecule has 0 saturated carbocycles. The summed E-state index contributed by atoms with van der Waals surface area (Å²) in [5.74, 6) is 0.910. The number of methoxy groups -OCH3 is 1. The minimum Gasteiger partial charge on any atom is -0.465 e. The number of aromatic nitrogens is 2. The number of carboxylic acid groups (broad SMARTS) is 1. The zero-order chi connectivity index (χ0) is 17.3. The van der Waals surface area contributed by atoms with Gasteiger partial charge >= 0.3 is 6.09 Å². The van der Waals surface area contributed by atoms with Gasteiger partial charge in [-0.1, -0.05) is 0 Å². The van der Waals surface area contributed by atoms with E-state index in [1.165, 1.54) is 0 Å². The van der Waals surface area contributed by atoms with Crippen molar-refractivity contribution in [3.8, 4) is 0 Å². The summed E-state index contributed by atoms with van der Waals surface area (Å²) in [4.78, 5) is 17.7. The molecule has 2 aromatic rings. The monoisotopic (exact) mass is 333 g/mol. The Morgan fingerprint density at radius 2 is 2.33 bits per heavy atom. The Kier molecular flexibility index (Phi) is 4.48. The van der Waals surface area contributed by atoms with Crippen LogP contribution in [-0.4, -0.2) is 53.6 Å². The van der Waals surface area contributed by atoms with Crippen molar-refractivity contribution in [1.82, 2.24) is 14.9 Å². The van der Waals surface area contributed by atoms with Crippen LogP contribution in [0.15, 0.2) is 12.1 Å². The lowest BCUT2D eigenvalue weighted by Gasteiger charge is -2.21. The minimum absolute atomic E-state index is 0.0890. The zero-order valence-electron chi connectivity index (χ0n) is 14.0. The van der Waals surface area contributed by atoms with E-state index in [0.717, 1.165) is 42.1 Å². The molecule has 4 N–H and O–H groups in total. The summed E-state index contributed by atoms with van der Waals surface area (Å²) in [6.45, 7) is 4.65. The summed E-state index contributed by atoms with van der Waals surface area (Å²) < 4.78 is 7.29. The highest BCUT2D eigenvalue weighted by molar-refractivity contribution is 5.96. The van der Waals surface area contributed by atoms with Crippen molar-refractivity contribution in [2.24, 2.45) is 0 Å². The van der Waals surface area contributed by atoms with Crippen molar-refractivity contribution in [1.29, 1.82) is 0 Å². The highest BCUT2D eigenvalue weighted by Gasteiger charge is 2.27. The highest BCUT2D eigenvalue weighted by atomic mass is 16.5. The molecule has 3 rings (SSSR count). The van der Waals surface area contributed by atoms with Gasteiger partial charge < -0.3 is 30.4 Å². The topological polar surface area (TPSA) is 106 Å². The molecular formula is C16H23N5O3. The number of fused-ring (bicyclic) bond motifs is 1. The number of imidazole rings is 1. The van der Waals surface area contributed by atoms with Gasteiger partial charge in [0.15, 0.2) is 0 Å². The second-order valence-corrected chi connectivity index (χ2v) is 6.06. The molecule has 0 bridgehead atoms. The molecule has 2 heterocycles. The first-order valence-corrected chi connectivity index (χ1v) is 8.00. The first-order valence-electron chi connectivity index (χ1n) is 8.00. The van der Waals surface area contributed by atoms with E-state index in [1.54, 1.807) is 7.11 Å². The molecule has 0 aliphatic carbocycles. The Labute approximate surface area is 140 Å². The number of hydrogen-bond donors (Lipinski definition) is 3. The zero-order valence-corrected chi connectivity index (χ0v) is 14.0. The maximum Gasteiger partial charge on any atom is 0.404 e.